The summed E-state index contributed by atoms with van der Waals surface area (Å²) in [4.78, 5) is 34.3. The van der Waals surface area contributed by atoms with Gasteiger partial charge in [0.15, 0.2) is 6.10 Å². The minimum atomic E-state index is -1.18. The number of ether oxygens (including phenoxy) is 1. The maximum Gasteiger partial charge on any atom is 0.332 e. The molecule has 0 aliphatic heterocycles. The molecule has 7 nitrogen and oxygen atoms in total. The molecular weight excluding hydrogens is 235 g/mol. The molecule has 2 N–H and O–H groups in total. The normalized spacial score (nSPS) is 12.4. The van der Waals surface area contributed by atoms with Crippen LogP contribution in [0, 0.1) is 5.82 Å². The Labute approximate surface area is 94.5 Å². The second-order valence-electron chi connectivity index (χ2n) is 3.28. The van der Waals surface area contributed by atoms with Gasteiger partial charge in [-0.25, -0.2) is 9.59 Å². The first-order chi connectivity index (χ1) is 7.95. The number of hydrogen-bond acceptors (Lipinski definition) is 4. The van der Waals surface area contributed by atoms with Gasteiger partial charge in [-0.3, -0.25) is 14.3 Å². The second kappa shape index (κ2) is 5.39. The summed E-state index contributed by atoms with van der Waals surface area (Å²) < 4.78 is 18.4. The second-order valence-corrected chi connectivity index (χ2v) is 3.28. The van der Waals surface area contributed by atoms with E-state index in [9.17, 15) is 18.8 Å². The smallest absolute Gasteiger partial charge is 0.332 e. The van der Waals surface area contributed by atoms with Crippen molar-refractivity contribution in [3.05, 3.63) is 32.9 Å². The molecule has 0 amide bonds. The van der Waals surface area contributed by atoms with E-state index in [1.807, 2.05) is 0 Å². The summed E-state index contributed by atoms with van der Waals surface area (Å²) >= 11 is 0. The summed E-state index contributed by atoms with van der Waals surface area (Å²) in [5, 5.41) is 8.67. The van der Waals surface area contributed by atoms with Crippen LogP contribution in [0.15, 0.2) is 15.8 Å². The van der Waals surface area contributed by atoms with Crippen molar-refractivity contribution in [2.75, 3.05) is 7.11 Å². The Kier molecular flexibility index (Phi) is 4.16. The van der Waals surface area contributed by atoms with Gasteiger partial charge in [0.2, 0.25) is 5.82 Å². The fourth-order valence-electron chi connectivity index (χ4n) is 1.25. The topological polar surface area (TPSA) is 101 Å². The van der Waals surface area contributed by atoms with Gasteiger partial charge in [0.25, 0.3) is 5.56 Å². The van der Waals surface area contributed by atoms with E-state index in [1.165, 1.54) is 7.11 Å². The number of methoxy groups -OCH3 is 1. The third kappa shape index (κ3) is 3.25. The zero-order valence-corrected chi connectivity index (χ0v) is 8.97. The van der Waals surface area contributed by atoms with Crippen molar-refractivity contribution >= 4 is 5.97 Å². The molecule has 0 radical (unpaired) electrons. The number of carboxylic acids is 1. The summed E-state index contributed by atoms with van der Waals surface area (Å²) in [7, 11) is 1.22. The first-order valence-electron chi connectivity index (χ1n) is 4.70. The first kappa shape index (κ1) is 13.1. The van der Waals surface area contributed by atoms with E-state index in [4.69, 9.17) is 5.11 Å². The third-order valence-electron chi connectivity index (χ3n) is 2.16. The van der Waals surface area contributed by atoms with Crippen molar-refractivity contribution in [1.82, 2.24) is 9.55 Å². The Balaban J connectivity index is 2.83. The number of hydrogen-bond donors (Lipinski definition) is 2. The van der Waals surface area contributed by atoms with Crippen LogP contribution < -0.4 is 11.2 Å². The highest BCUT2D eigenvalue weighted by Crippen LogP contribution is 1.99. The zero-order valence-electron chi connectivity index (χ0n) is 8.97. The predicted octanol–water partition coefficient (Wildman–Crippen LogP) is -0.835. The lowest BCUT2D eigenvalue weighted by molar-refractivity contribution is -0.149. The molecule has 0 bridgehead atoms. The Morgan fingerprint density at radius 2 is 2.29 bits per heavy atom. The standard InChI is InChI=1S/C9H11FN2O5/c1-17-6(8(14)15)2-3-12-4-5(10)7(13)11-9(12)16/h4,6H,2-3H2,1H3,(H,14,15)(H,11,13,16). The number of H-pyrrole nitrogens is 1. The number of nitrogens with zero attached hydrogens (tertiary/aromatic N) is 1. The molecular formula is C9H11FN2O5. The van der Waals surface area contributed by atoms with Crippen LogP contribution in [0.25, 0.3) is 0 Å². The Morgan fingerprint density at radius 3 is 2.82 bits per heavy atom. The van der Waals surface area contributed by atoms with Gasteiger partial charge in [-0.15, -0.1) is 0 Å². The number of aromatic amines is 1. The van der Waals surface area contributed by atoms with E-state index >= 15 is 0 Å². The average Bonchev–Trinajstić information content (AvgIpc) is 2.25. The van der Waals surface area contributed by atoms with Crippen LogP contribution in [-0.2, 0) is 16.1 Å². The predicted molar refractivity (Wildman–Crippen MR) is 54.3 cm³/mol. The van der Waals surface area contributed by atoms with Gasteiger partial charge in [-0.2, -0.15) is 4.39 Å². The molecule has 1 aromatic rings. The molecule has 0 fully saturated rings. The van der Waals surface area contributed by atoms with E-state index in [0.29, 0.717) is 0 Å². The highest BCUT2D eigenvalue weighted by atomic mass is 19.1. The Hall–Kier alpha value is -1.96. The number of rotatable bonds is 5. The van der Waals surface area contributed by atoms with Crippen molar-refractivity contribution in [3.63, 3.8) is 0 Å². The van der Waals surface area contributed by atoms with Gasteiger partial charge >= 0.3 is 11.7 Å². The van der Waals surface area contributed by atoms with Crippen LogP contribution in [0.5, 0.6) is 0 Å². The number of carbonyl (C=O) groups is 1. The van der Waals surface area contributed by atoms with Crippen molar-refractivity contribution in [3.8, 4) is 0 Å². The molecule has 8 heteroatoms. The van der Waals surface area contributed by atoms with Crippen molar-refractivity contribution in [2.45, 2.75) is 19.1 Å². The molecule has 1 aromatic heterocycles. The van der Waals surface area contributed by atoms with E-state index in [1.54, 1.807) is 4.98 Å². The van der Waals surface area contributed by atoms with Gasteiger partial charge in [-0.1, -0.05) is 0 Å². The molecule has 1 heterocycles. The number of halogens is 1. The monoisotopic (exact) mass is 246 g/mol. The third-order valence-corrected chi connectivity index (χ3v) is 2.16. The molecule has 1 rings (SSSR count). The largest absolute Gasteiger partial charge is 0.479 e. The van der Waals surface area contributed by atoms with Crippen LogP contribution in [0.1, 0.15) is 6.42 Å². The molecule has 94 valence electrons. The summed E-state index contributed by atoms with van der Waals surface area (Å²) in [6, 6.07) is 0. The van der Waals surface area contributed by atoms with Crippen molar-refractivity contribution < 1.29 is 19.0 Å². The minimum Gasteiger partial charge on any atom is -0.479 e. The van der Waals surface area contributed by atoms with Crippen LogP contribution in [0.2, 0.25) is 0 Å². The van der Waals surface area contributed by atoms with Gasteiger partial charge in [0.05, 0.1) is 6.20 Å². The summed E-state index contributed by atoms with van der Waals surface area (Å²) in [5.74, 6) is -2.28. The quantitative estimate of drug-likeness (QED) is 0.705. The molecule has 0 saturated heterocycles. The summed E-state index contributed by atoms with van der Waals surface area (Å²) in [6.45, 7) is -0.0721. The molecule has 0 aliphatic carbocycles. The fourth-order valence-corrected chi connectivity index (χ4v) is 1.25. The van der Waals surface area contributed by atoms with Gasteiger partial charge in [0.1, 0.15) is 0 Å². The van der Waals surface area contributed by atoms with E-state index < -0.39 is 29.1 Å². The van der Waals surface area contributed by atoms with Crippen molar-refractivity contribution in [2.24, 2.45) is 0 Å². The highest BCUT2D eigenvalue weighted by Gasteiger charge is 2.16. The van der Waals surface area contributed by atoms with Crippen LogP contribution in [-0.4, -0.2) is 33.8 Å². The average molecular weight is 246 g/mol. The van der Waals surface area contributed by atoms with Crippen LogP contribution in [0.4, 0.5) is 4.39 Å². The fraction of sp³-hybridized carbons (Fsp3) is 0.444. The molecule has 0 aliphatic rings. The van der Waals surface area contributed by atoms with E-state index in [2.05, 4.69) is 4.74 Å². The summed E-state index contributed by atoms with van der Waals surface area (Å²) in [6.07, 6.45) is -0.371. The Bertz CT molecular complexity index is 521. The van der Waals surface area contributed by atoms with Gasteiger partial charge < -0.3 is 9.84 Å². The maximum atomic E-state index is 12.9. The molecule has 1 unspecified atom stereocenters. The van der Waals surface area contributed by atoms with Gasteiger partial charge in [-0.05, 0) is 0 Å². The van der Waals surface area contributed by atoms with Crippen molar-refractivity contribution in [1.29, 1.82) is 0 Å². The molecule has 0 spiro atoms. The number of nitrogens with one attached hydrogen (secondary N) is 1. The number of aryl methyl sites for hydroxylation is 1. The van der Waals surface area contributed by atoms with Gasteiger partial charge in [0, 0.05) is 20.1 Å². The lowest BCUT2D eigenvalue weighted by Crippen LogP contribution is -2.33. The molecule has 0 aromatic carbocycles. The first-order valence-corrected chi connectivity index (χ1v) is 4.70. The summed E-state index contributed by atoms with van der Waals surface area (Å²) in [5.41, 5.74) is -1.90. The maximum absolute atomic E-state index is 12.9. The molecule has 17 heavy (non-hydrogen) atoms. The van der Waals surface area contributed by atoms with E-state index in [0.717, 1.165) is 10.8 Å². The number of carboxylic acid groups (broad SMARTS) is 1. The highest BCUT2D eigenvalue weighted by molar-refractivity contribution is 5.72. The molecule has 1 atom stereocenters. The lowest BCUT2D eigenvalue weighted by Gasteiger charge is -2.10. The lowest BCUT2D eigenvalue weighted by atomic mass is 10.2. The van der Waals surface area contributed by atoms with Crippen LogP contribution >= 0.6 is 0 Å². The molecule has 0 saturated carbocycles. The minimum absolute atomic E-state index is 0.0166. The number of aromatic nitrogens is 2. The zero-order chi connectivity index (χ0) is 13.0. The SMILES string of the molecule is COC(CCn1cc(F)c(=O)[nH]c1=O)C(=O)O. The number of aliphatic carboxylic acids is 1. The van der Waals surface area contributed by atoms with E-state index in [-0.39, 0.29) is 13.0 Å². The van der Waals surface area contributed by atoms with Crippen LogP contribution in [0.3, 0.4) is 0 Å². The Morgan fingerprint density at radius 1 is 1.65 bits per heavy atom.